The van der Waals surface area contributed by atoms with Crippen molar-refractivity contribution in [2.75, 3.05) is 0 Å². The Balaban J connectivity index is 1.57. The maximum atomic E-state index is 12.3. The zero-order chi connectivity index (χ0) is 20.2. The van der Waals surface area contributed by atoms with Crippen LogP contribution in [0.2, 0.25) is 0 Å². The molecule has 0 aliphatic heterocycles. The lowest BCUT2D eigenvalue weighted by Gasteiger charge is -2.06. The Bertz CT molecular complexity index is 1190. The van der Waals surface area contributed by atoms with E-state index in [0.29, 0.717) is 5.56 Å². The molecule has 0 saturated heterocycles. The van der Waals surface area contributed by atoms with Gasteiger partial charge in [0.05, 0.1) is 11.8 Å². The number of carbonyl (C=O) groups excluding carboxylic acids is 1. The van der Waals surface area contributed by atoms with E-state index in [-0.39, 0.29) is 5.91 Å². The van der Waals surface area contributed by atoms with E-state index in [1.807, 2.05) is 30.3 Å². The molecule has 4 aromatic rings. The lowest BCUT2D eigenvalue weighted by Crippen LogP contribution is -2.18. The summed E-state index contributed by atoms with van der Waals surface area (Å²) in [7, 11) is 0. The van der Waals surface area contributed by atoms with Crippen LogP contribution in [-0.4, -0.2) is 16.7 Å². The normalized spacial score (nSPS) is 11.2. The van der Waals surface area contributed by atoms with Crippen LogP contribution in [0.15, 0.2) is 88.6 Å². The van der Waals surface area contributed by atoms with Crippen LogP contribution in [0.5, 0.6) is 0 Å². The summed E-state index contributed by atoms with van der Waals surface area (Å²) in [5.41, 5.74) is 7.73. The molecule has 4 rings (SSSR count). The van der Waals surface area contributed by atoms with Crippen LogP contribution >= 0.6 is 15.9 Å². The molecule has 29 heavy (non-hydrogen) atoms. The van der Waals surface area contributed by atoms with Crippen molar-refractivity contribution in [3.05, 3.63) is 106 Å². The first-order valence-corrected chi connectivity index (χ1v) is 10.1. The zero-order valence-corrected chi connectivity index (χ0v) is 17.6. The number of benzene rings is 3. The Morgan fingerprint density at radius 1 is 1.03 bits per heavy atom. The Hall–Kier alpha value is -3.18. The molecule has 1 N–H and O–H groups in total. The second kappa shape index (κ2) is 8.45. The molecule has 0 aliphatic rings. The molecule has 0 spiro atoms. The van der Waals surface area contributed by atoms with E-state index < -0.39 is 0 Å². The number of aromatic nitrogens is 1. The fourth-order valence-corrected chi connectivity index (χ4v) is 3.73. The quantitative estimate of drug-likeness (QED) is 0.318. The number of nitrogens with one attached hydrogen (secondary N) is 1. The molecule has 1 aromatic heterocycles. The number of nitrogens with zero attached hydrogens (tertiary/aromatic N) is 2. The van der Waals surface area contributed by atoms with Gasteiger partial charge in [-0.2, -0.15) is 5.10 Å². The molecule has 0 aliphatic carbocycles. The smallest absolute Gasteiger partial charge is 0.272 e. The molecule has 1 heterocycles. The van der Waals surface area contributed by atoms with E-state index in [0.717, 1.165) is 27.5 Å². The number of para-hydroxylation sites is 1. The minimum Gasteiger partial charge on any atom is -0.342 e. The standard InChI is InChI=1S/C24H20BrN3O/c1-17-10-12-18(13-11-17)15-28-16-19(20-6-3-5-9-23(20)28)14-26-27-24(29)21-7-2-4-8-22(21)25/h2-14,16H,15H2,1H3,(H,27,29)/b26-14-. The van der Waals surface area contributed by atoms with Crippen molar-refractivity contribution in [3.8, 4) is 0 Å². The number of aryl methyl sites for hydroxylation is 1. The van der Waals surface area contributed by atoms with Crippen molar-refractivity contribution in [1.82, 2.24) is 9.99 Å². The van der Waals surface area contributed by atoms with Gasteiger partial charge in [0, 0.05) is 33.7 Å². The molecule has 3 aromatic carbocycles. The Labute approximate surface area is 178 Å². The van der Waals surface area contributed by atoms with Gasteiger partial charge in [-0.25, -0.2) is 5.43 Å². The van der Waals surface area contributed by atoms with Gasteiger partial charge < -0.3 is 4.57 Å². The largest absolute Gasteiger partial charge is 0.342 e. The van der Waals surface area contributed by atoms with Crippen molar-refractivity contribution < 1.29 is 4.79 Å². The molecule has 1 amide bonds. The highest BCUT2D eigenvalue weighted by molar-refractivity contribution is 9.10. The predicted molar refractivity (Wildman–Crippen MR) is 121 cm³/mol. The first-order chi connectivity index (χ1) is 14.1. The van der Waals surface area contributed by atoms with E-state index in [9.17, 15) is 4.79 Å². The van der Waals surface area contributed by atoms with E-state index in [1.165, 1.54) is 11.1 Å². The molecule has 0 saturated carbocycles. The molecule has 4 nitrogen and oxygen atoms in total. The second-order valence-electron chi connectivity index (χ2n) is 6.89. The lowest BCUT2D eigenvalue weighted by atomic mass is 10.1. The van der Waals surface area contributed by atoms with Crippen LogP contribution in [0.4, 0.5) is 0 Å². The molecular weight excluding hydrogens is 426 g/mol. The maximum absolute atomic E-state index is 12.3. The highest BCUT2D eigenvalue weighted by atomic mass is 79.9. The molecule has 0 radical (unpaired) electrons. The Kier molecular flexibility index (Phi) is 5.58. The summed E-state index contributed by atoms with van der Waals surface area (Å²) in [6.07, 6.45) is 3.77. The van der Waals surface area contributed by atoms with Crippen LogP contribution in [0, 0.1) is 6.92 Å². The fraction of sp³-hybridized carbons (Fsp3) is 0.0833. The van der Waals surface area contributed by atoms with Crippen LogP contribution < -0.4 is 5.43 Å². The highest BCUT2D eigenvalue weighted by Gasteiger charge is 2.09. The highest BCUT2D eigenvalue weighted by Crippen LogP contribution is 2.21. The Morgan fingerprint density at radius 2 is 1.76 bits per heavy atom. The van der Waals surface area contributed by atoms with E-state index in [4.69, 9.17) is 0 Å². The fourth-order valence-electron chi connectivity index (χ4n) is 3.27. The van der Waals surface area contributed by atoms with Crippen molar-refractivity contribution >= 4 is 39.0 Å². The topological polar surface area (TPSA) is 46.4 Å². The maximum Gasteiger partial charge on any atom is 0.272 e. The van der Waals surface area contributed by atoms with E-state index >= 15 is 0 Å². The second-order valence-corrected chi connectivity index (χ2v) is 7.75. The first-order valence-electron chi connectivity index (χ1n) is 9.33. The molecular formula is C24H20BrN3O. The van der Waals surface area contributed by atoms with Gasteiger partial charge in [-0.05, 0) is 46.6 Å². The monoisotopic (exact) mass is 445 g/mol. The van der Waals surface area contributed by atoms with Crippen LogP contribution in [-0.2, 0) is 6.54 Å². The van der Waals surface area contributed by atoms with E-state index in [1.54, 1.807) is 12.3 Å². The number of halogens is 1. The van der Waals surface area contributed by atoms with Gasteiger partial charge in [-0.15, -0.1) is 0 Å². The molecule has 0 atom stereocenters. The third-order valence-electron chi connectivity index (χ3n) is 4.78. The average Bonchev–Trinajstić information content (AvgIpc) is 3.08. The molecule has 144 valence electrons. The number of carbonyl (C=O) groups is 1. The summed E-state index contributed by atoms with van der Waals surface area (Å²) < 4.78 is 2.94. The average molecular weight is 446 g/mol. The number of hydrogen-bond acceptors (Lipinski definition) is 2. The Morgan fingerprint density at radius 3 is 2.55 bits per heavy atom. The summed E-state index contributed by atoms with van der Waals surface area (Å²) in [5, 5.41) is 5.28. The third-order valence-corrected chi connectivity index (χ3v) is 5.47. The van der Waals surface area contributed by atoms with Crippen LogP contribution in [0.3, 0.4) is 0 Å². The molecule has 0 bridgehead atoms. The van der Waals surface area contributed by atoms with Gasteiger partial charge in [0.2, 0.25) is 0 Å². The predicted octanol–water partition coefficient (Wildman–Crippen LogP) is 5.52. The van der Waals surface area contributed by atoms with Crippen molar-refractivity contribution in [2.45, 2.75) is 13.5 Å². The number of hydrogen-bond donors (Lipinski definition) is 1. The number of amides is 1. The summed E-state index contributed by atoms with van der Waals surface area (Å²) in [6.45, 7) is 2.86. The van der Waals surface area contributed by atoms with E-state index in [2.05, 4.69) is 80.5 Å². The summed E-state index contributed by atoms with van der Waals surface area (Å²) in [4.78, 5) is 12.3. The van der Waals surface area contributed by atoms with Gasteiger partial charge in [0.15, 0.2) is 0 Å². The minimum atomic E-state index is -0.253. The number of rotatable bonds is 5. The molecule has 0 fully saturated rings. The van der Waals surface area contributed by atoms with Gasteiger partial charge >= 0.3 is 0 Å². The van der Waals surface area contributed by atoms with Crippen molar-refractivity contribution in [1.29, 1.82) is 0 Å². The van der Waals surface area contributed by atoms with Gasteiger partial charge in [0.1, 0.15) is 0 Å². The number of hydrazone groups is 1. The lowest BCUT2D eigenvalue weighted by molar-refractivity contribution is 0.0954. The SMILES string of the molecule is Cc1ccc(Cn2cc(/C=N\NC(=O)c3ccccc3Br)c3ccccc32)cc1. The van der Waals surface area contributed by atoms with Crippen molar-refractivity contribution in [2.24, 2.45) is 5.10 Å². The van der Waals surface area contributed by atoms with Crippen LogP contribution in [0.25, 0.3) is 10.9 Å². The molecule has 5 heteroatoms. The van der Waals surface area contributed by atoms with Gasteiger partial charge in [0.25, 0.3) is 5.91 Å². The summed E-state index contributed by atoms with van der Waals surface area (Å²) in [5.74, 6) is -0.253. The number of fused-ring (bicyclic) bond motifs is 1. The zero-order valence-electron chi connectivity index (χ0n) is 16.0. The van der Waals surface area contributed by atoms with Crippen LogP contribution in [0.1, 0.15) is 27.0 Å². The molecule has 0 unspecified atom stereocenters. The minimum absolute atomic E-state index is 0.253. The summed E-state index contributed by atoms with van der Waals surface area (Å²) in [6, 6.07) is 24.0. The summed E-state index contributed by atoms with van der Waals surface area (Å²) >= 11 is 3.39. The van der Waals surface area contributed by atoms with Gasteiger partial charge in [-0.3, -0.25) is 4.79 Å². The van der Waals surface area contributed by atoms with Gasteiger partial charge in [-0.1, -0.05) is 60.2 Å². The van der Waals surface area contributed by atoms with Crippen molar-refractivity contribution in [3.63, 3.8) is 0 Å². The first kappa shape index (κ1) is 19.2. The third kappa shape index (κ3) is 4.30.